The minimum Gasteiger partial charge on any atom is -0.326 e. The van der Waals surface area contributed by atoms with Gasteiger partial charge in [-0.3, -0.25) is 10.1 Å². The van der Waals surface area contributed by atoms with E-state index in [1.807, 2.05) is 38.1 Å². The quantitative estimate of drug-likeness (QED) is 0.346. The lowest BCUT2D eigenvalue weighted by Crippen LogP contribution is -2.49. The van der Waals surface area contributed by atoms with Crippen LogP contribution in [-0.4, -0.2) is 28.2 Å². The number of nitrogens with one attached hydrogen (secondary N) is 3. The van der Waals surface area contributed by atoms with Gasteiger partial charge in [-0.1, -0.05) is 71.3 Å². The Morgan fingerprint density at radius 3 is 2.53 bits per heavy atom. The van der Waals surface area contributed by atoms with E-state index in [1.54, 1.807) is 0 Å². The highest BCUT2D eigenvalue weighted by Gasteiger charge is 2.27. The number of aromatic nitrogens is 2. The van der Waals surface area contributed by atoms with Crippen LogP contribution in [0, 0.1) is 11.7 Å². The van der Waals surface area contributed by atoms with Gasteiger partial charge in [-0.25, -0.2) is 9.18 Å². The molecular weight excluding hydrogens is 521 g/mol. The molecular formula is C21H20BrClFN5O2S. The molecule has 1 aromatic heterocycles. The molecule has 0 aliphatic carbocycles. The van der Waals surface area contributed by atoms with Crippen molar-refractivity contribution in [3.8, 4) is 10.6 Å². The minimum absolute atomic E-state index is 0.114. The van der Waals surface area contributed by atoms with E-state index in [0.717, 1.165) is 16.1 Å². The Morgan fingerprint density at radius 1 is 1.16 bits per heavy atom. The Kier molecular flexibility index (Phi) is 8.16. The zero-order chi connectivity index (χ0) is 23.3. The number of rotatable bonds is 7. The van der Waals surface area contributed by atoms with Gasteiger partial charge in [0.15, 0.2) is 0 Å². The van der Waals surface area contributed by atoms with E-state index in [0.29, 0.717) is 22.2 Å². The number of amides is 3. The lowest BCUT2D eigenvalue weighted by molar-refractivity contribution is -0.119. The second-order valence-electron chi connectivity index (χ2n) is 7.00. The predicted octanol–water partition coefficient (Wildman–Crippen LogP) is 5.94. The molecule has 0 saturated carbocycles. The van der Waals surface area contributed by atoms with Crippen LogP contribution in [0.2, 0.25) is 5.02 Å². The molecule has 0 spiro atoms. The van der Waals surface area contributed by atoms with Gasteiger partial charge < -0.3 is 10.6 Å². The Morgan fingerprint density at radius 2 is 1.88 bits per heavy atom. The van der Waals surface area contributed by atoms with Gasteiger partial charge in [-0.05, 0) is 36.2 Å². The number of nitrogens with zero attached hydrogens (tertiary/aromatic N) is 2. The Labute approximate surface area is 201 Å². The molecule has 168 valence electrons. The van der Waals surface area contributed by atoms with Gasteiger partial charge in [-0.2, -0.15) is 0 Å². The van der Waals surface area contributed by atoms with Crippen molar-refractivity contribution in [2.24, 2.45) is 5.92 Å². The molecule has 0 bridgehead atoms. The molecule has 7 nitrogen and oxygen atoms in total. The second kappa shape index (κ2) is 10.8. The van der Waals surface area contributed by atoms with Crippen molar-refractivity contribution in [3.05, 3.63) is 57.8 Å². The SMILES string of the molecule is CC[C@H](C)[C@@H](NC(=O)Nc1ccc(F)c(Cl)c1)C(=O)Nc1nnc(-c2ccc(Br)cc2)s1. The molecule has 3 amide bonds. The number of halogens is 3. The van der Waals surface area contributed by atoms with Crippen molar-refractivity contribution in [1.82, 2.24) is 15.5 Å². The summed E-state index contributed by atoms with van der Waals surface area (Å²) in [7, 11) is 0. The number of hydrogen-bond donors (Lipinski definition) is 3. The summed E-state index contributed by atoms with van der Waals surface area (Å²) in [6.07, 6.45) is 0.654. The number of anilines is 2. The maximum atomic E-state index is 13.3. The highest BCUT2D eigenvalue weighted by atomic mass is 79.9. The van der Waals surface area contributed by atoms with Gasteiger partial charge in [0.2, 0.25) is 11.0 Å². The standard InChI is InChI=1S/C21H20BrClFN5O2S/c1-3-11(2)17(26-20(31)25-14-8-9-16(24)15(23)10-14)18(30)27-21-29-28-19(32-21)12-4-6-13(22)7-5-12/h4-11,17H,3H2,1-2H3,(H2,25,26,31)(H,27,29,30)/t11-,17+/m0/s1. The van der Waals surface area contributed by atoms with Crippen molar-refractivity contribution in [2.75, 3.05) is 10.6 Å². The predicted molar refractivity (Wildman–Crippen MR) is 128 cm³/mol. The molecule has 32 heavy (non-hydrogen) atoms. The van der Waals surface area contributed by atoms with E-state index in [1.165, 1.54) is 23.5 Å². The molecule has 1 heterocycles. The smallest absolute Gasteiger partial charge is 0.319 e. The molecule has 0 fully saturated rings. The third-order valence-corrected chi connectivity index (χ3v) is 6.41. The topological polar surface area (TPSA) is 96.0 Å². The Balaban J connectivity index is 1.67. The molecule has 3 rings (SSSR count). The summed E-state index contributed by atoms with van der Waals surface area (Å²) in [5, 5.41) is 17.0. The second-order valence-corrected chi connectivity index (χ2v) is 9.30. The summed E-state index contributed by atoms with van der Waals surface area (Å²) < 4.78 is 14.3. The van der Waals surface area contributed by atoms with Crippen LogP contribution >= 0.6 is 38.9 Å². The largest absolute Gasteiger partial charge is 0.326 e. The molecule has 3 N–H and O–H groups in total. The summed E-state index contributed by atoms with van der Waals surface area (Å²) in [5.41, 5.74) is 1.18. The highest BCUT2D eigenvalue weighted by Crippen LogP contribution is 2.27. The van der Waals surface area contributed by atoms with E-state index in [4.69, 9.17) is 11.6 Å². The molecule has 3 aromatic rings. The van der Waals surface area contributed by atoms with Gasteiger partial charge in [0.1, 0.15) is 16.9 Å². The first-order chi connectivity index (χ1) is 15.3. The normalized spacial score (nSPS) is 12.7. The number of benzene rings is 2. The van der Waals surface area contributed by atoms with E-state index in [9.17, 15) is 14.0 Å². The minimum atomic E-state index is -0.823. The third kappa shape index (κ3) is 6.24. The van der Waals surface area contributed by atoms with Crippen LogP contribution in [0.3, 0.4) is 0 Å². The summed E-state index contributed by atoms with van der Waals surface area (Å²) in [6, 6.07) is 9.96. The fraction of sp³-hybridized carbons (Fsp3) is 0.238. The maximum absolute atomic E-state index is 13.3. The highest BCUT2D eigenvalue weighted by molar-refractivity contribution is 9.10. The first kappa shape index (κ1) is 24.1. The molecule has 2 atom stereocenters. The summed E-state index contributed by atoms with van der Waals surface area (Å²) in [4.78, 5) is 25.3. The monoisotopic (exact) mass is 539 g/mol. The van der Waals surface area contributed by atoms with E-state index < -0.39 is 23.8 Å². The van der Waals surface area contributed by atoms with Crippen molar-refractivity contribution >= 4 is 61.6 Å². The van der Waals surface area contributed by atoms with Crippen LogP contribution in [0.25, 0.3) is 10.6 Å². The molecule has 11 heteroatoms. The average Bonchev–Trinajstić information content (AvgIpc) is 3.23. The first-order valence-electron chi connectivity index (χ1n) is 9.69. The molecule has 0 radical (unpaired) electrons. The lowest BCUT2D eigenvalue weighted by Gasteiger charge is -2.23. The molecule has 0 unspecified atom stereocenters. The van der Waals surface area contributed by atoms with Crippen molar-refractivity contribution in [3.63, 3.8) is 0 Å². The van der Waals surface area contributed by atoms with Gasteiger partial charge in [-0.15, -0.1) is 10.2 Å². The molecule has 2 aromatic carbocycles. The van der Waals surface area contributed by atoms with Crippen LogP contribution < -0.4 is 16.0 Å². The average molecular weight is 541 g/mol. The zero-order valence-electron chi connectivity index (χ0n) is 17.2. The van der Waals surface area contributed by atoms with Gasteiger partial charge in [0.05, 0.1) is 5.02 Å². The van der Waals surface area contributed by atoms with Gasteiger partial charge in [0.25, 0.3) is 0 Å². The van der Waals surface area contributed by atoms with Crippen LogP contribution in [0.15, 0.2) is 46.9 Å². The van der Waals surface area contributed by atoms with Gasteiger partial charge >= 0.3 is 6.03 Å². The maximum Gasteiger partial charge on any atom is 0.319 e. The van der Waals surface area contributed by atoms with Crippen molar-refractivity contribution in [2.45, 2.75) is 26.3 Å². The Bertz CT molecular complexity index is 1110. The summed E-state index contributed by atoms with van der Waals surface area (Å²) >= 11 is 10.4. The van der Waals surface area contributed by atoms with Crippen LogP contribution in [-0.2, 0) is 4.79 Å². The van der Waals surface area contributed by atoms with Crippen LogP contribution in [0.4, 0.5) is 20.0 Å². The number of carbonyl (C=O) groups is 2. The van der Waals surface area contributed by atoms with Crippen LogP contribution in [0.1, 0.15) is 20.3 Å². The zero-order valence-corrected chi connectivity index (χ0v) is 20.3. The fourth-order valence-corrected chi connectivity index (χ4v) is 3.95. The molecule has 0 saturated heterocycles. The number of urea groups is 1. The first-order valence-corrected chi connectivity index (χ1v) is 11.7. The van der Waals surface area contributed by atoms with Crippen molar-refractivity contribution in [1.29, 1.82) is 0 Å². The summed E-state index contributed by atoms with van der Waals surface area (Å²) in [5.74, 6) is -1.16. The number of hydrogen-bond acceptors (Lipinski definition) is 5. The van der Waals surface area contributed by atoms with Gasteiger partial charge in [0, 0.05) is 15.7 Å². The fourth-order valence-electron chi connectivity index (χ4n) is 2.75. The van der Waals surface area contributed by atoms with E-state index >= 15 is 0 Å². The summed E-state index contributed by atoms with van der Waals surface area (Å²) in [6.45, 7) is 3.77. The van der Waals surface area contributed by atoms with E-state index in [-0.39, 0.29) is 10.9 Å². The van der Waals surface area contributed by atoms with E-state index in [2.05, 4.69) is 42.1 Å². The lowest BCUT2D eigenvalue weighted by atomic mass is 9.98. The van der Waals surface area contributed by atoms with Crippen molar-refractivity contribution < 1.29 is 14.0 Å². The van der Waals surface area contributed by atoms with Crippen LogP contribution in [0.5, 0.6) is 0 Å². The molecule has 0 aliphatic rings. The Hall–Kier alpha value is -2.56. The third-order valence-electron chi connectivity index (χ3n) is 4.71. The molecule has 0 aliphatic heterocycles. The number of carbonyl (C=O) groups excluding carboxylic acids is 2.